The van der Waals surface area contributed by atoms with Gasteiger partial charge in [-0.15, -0.1) is 0 Å². The minimum Gasteiger partial charge on any atom is -0.481 e. The van der Waals surface area contributed by atoms with Gasteiger partial charge in [-0.1, -0.05) is 61.0 Å². The molecule has 6 nitrogen and oxygen atoms in total. The maximum absolute atomic E-state index is 13.1. The smallest absolute Gasteiger partial charge is 0.303 e. The van der Waals surface area contributed by atoms with E-state index in [1.54, 1.807) is 12.1 Å². The molecule has 0 radical (unpaired) electrons. The summed E-state index contributed by atoms with van der Waals surface area (Å²) in [5.74, 6) is -1.57. The highest BCUT2D eigenvalue weighted by molar-refractivity contribution is 6.31. The Labute approximate surface area is 210 Å². The summed E-state index contributed by atoms with van der Waals surface area (Å²) < 4.78 is 0. The molecule has 35 heavy (non-hydrogen) atoms. The maximum atomic E-state index is 13.1. The van der Waals surface area contributed by atoms with Crippen molar-refractivity contribution in [1.82, 2.24) is 4.90 Å². The van der Waals surface area contributed by atoms with Crippen LogP contribution in [0.25, 0.3) is 0 Å². The molecule has 1 atom stereocenters. The Hall–Kier alpha value is -3.48. The summed E-state index contributed by atoms with van der Waals surface area (Å²) in [5.41, 5.74) is 5.83. The Balaban J connectivity index is 1.72. The van der Waals surface area contributed by atoms with Crippen LogP contribution in [0.1, 0.15) is 41.5 Å². The van der Waals surface area contributed by atoms with Gasteiger partial charge in [0.05, 0.1) is 11.4 Å². The molecule has 0 saturated carbocycles. The predicted molar refractivity (Wildman–Crippen MR) is 140 cm³/mol. The van der Waals surface area contributed by atoms with Gasteiger partial charge in [0.1, 0.15) is 5.92 Å². The molecule has 180 valence electrons. The summed E-state index contributed by atoms with van der Waals surface area (Å²) in [5, 5.41) is 12.5. The second kappa shape index (κ2) is 10.8. The fourth-order valence-corrected chi connectivity index (χ4v) is 4.31. The Morgan fingerprint density at radius 2 is 1.74 bits per heavy atom. The molecule has 4 rings (SSSR count). The van der Waals surface area contributed by atoms with Crippen molar-refractivity contribution in [3.63, 3.8) is 0 Å². The lowest BCUT2D eigenvalue weighted by molar-refractivity contribution is -0.137. The van der Waals surface area contributed by atoms with Crippen LogP contribution in [0, 0.1) is 0 Å². The van der Waals surface area contributed by atoms with Crippen molar-refractivity contribution in [1.29, 1.82) is 0 Å². The number of aliphatic carboxylic acids is 1. The van der Waals surface area contributed by atoms with E-state index in [1.807, 2.05) is 42.5 Å². The summed E-state index contributed by atoms with van der Waals surface area (Å²) >= 11 is 6.15. The summed E-state index contributed by atoms with van der Waals surface area (Å²) in [6.45, 7) is 3.94. The van der Waals surface area contributed by atoms with Crippen molar-refractivity contribution in [3.05, 3.63) is 94.0 Å². The molecule has 3 aromatic rings. The van der Waals surface area contributed by atoms with E-state index in [1.165, 1.54) is 5.56 Å². The van der Waals surface area contributed by atoms with E-state index in [4.69, 9.17) is 21.7 Å². The van der Waals surface area contributed by atoms with Crippen LogP contribution in [0.2, 0.25) is 5.02 Å². The summed E-state index contributed by atoms with van der Waals surface area (Å²) in [6.07, 6.45) is 0.514. The number of hydrogen-bond acceptors (Lipinski definition) is 4. The topological polar surface area (TPSA) is 82.0 Å². The van der Waals surface area contributed by atoms with Crippen molar-refractivity contribution < 1.29 is 14.7 Å². The zero-order chi connectivity index (χ0) is 24.9. The number of aliphatic imine (C=N–C) groups is 1. The molecule has 0 bridgehead atoms. The molecule has 0 aliphatic carbocycles. The number of carbonyl (C=O) groups is 2. The van der Waals surface area contributed by atoms with E-state index in [0.717, 1.165) is 35.5 Å². The number of hydrogen-bond donors (Lipinski definition) is 2. The van der Waals surface area contributed by atoms with Gasteiger partial charge in [-0.05, 0) is 66.5 Å². The van der Waals surface area contributed by atoms with Gasteiger partial charge in [0.2, 0.25) is 5.91 Å². The number of fused-ring (bicyclic) bond motifs is 1. The minimum atomic E-state index is -0.831. The molecule has 7 heteroatoms. The summed E-state index contributed by atoms with van der Waals surface area (Å²) in [4.78, 5) is 31.2. The first-order valence-electron chi connectivity index (χ1n) is 11.6. The normalized spacial score (nSPS) is 15.3. The number of carboxylic acids is 1. The third kappa shape index (κ3) is 5.96. The number of benzene rings is 3. The van der Waals surface area contributed by atoms with Crippen LogP contribution in [-0.4, -0.2) is 41.2 Å². The van der Waals surface area contributed by atoms with E-state index in [9.17, 15) is 9.59 Å². The van der Waals surface area contributed by atoms with E-state index in [0.29, 0.717) is 22.8 Å². The zero-order valence-corrected chi connectivity index (χ0v) is 20.5. The van der Waals surface area contributed by atoms with Crippen LogP contribution in [-0.2, 0) is 22.6 Å². The van der Waals surface area contributed by atoms with Gasteiger partial charge in [0, 0.05) is 23.7 Å². The first-order chi connectivity index (χ1) is 16.8. The monoisotopic (exact) mass is 489 g/mol. The van der Waals surface area contributed by atoms with E-state index in [-0.39, 0.29) is 12.3 Å². The fourth-order valence-electron chi connectivity index (χ4n) is 4.13. The van der Waals surface area contributed by atoms with Crippen LogP contribution in [0.5, 0.6) is 0 Å². The molecule has 1 heterocycles. The number of halogens is 1. The van der Waals surface area contributed by atoms with Crippen molar-refractivity contribution in [2.24, 2.45) is 4.99 Å². The minimum absolute atomic E-state index is 0.0685. The molecule has 1 aliphatic rings. The van der Waals surface area contributed by atoms with Gasteiger partial charge in [-0.3, -0.25) is 14.6 Å². The maximum Gasteiger partial charge on any atom is 0.303 e. The van der Waals surface area contributed by atoms with Crippen LogP contribution in [0.4, 0.5) is 11.4 Å². The van der Waals surface area contributed by atoms with Crippen LogP contribution < -0.4 is 5.32 Å². The Bertz CT molecular complexity index is 1250. The predicted octanol–water partition coefficient (Wildman–Crippen LogP) is 5.67. The van der Waals surface area contributed by atoms with E-state index in [2.05, 4.69) is 36.3 Å². The van der Waals surface area contributed by atoms with Gasteiger partial charge in [-0.2, -0.15) is 0 Å². The average Bonchev–Trinajstić information content (AvgIpc) is 3.17. The molecule has 3 aromatic carbocycles. The molecular formula is C28H28ClN3O3. The zero-order valence-electron chi connectivity index (χ0n) is 19.8. The number of amides is 1. The van der Waals surface area contributed by atoms with Gasteiger partial charge in [-0.25, -0.2) is 0 Å². The van der Waals surface area contributed by atoms with E-state index >= 15 is 0 Å². The molecule has 2 N–H and O–H groups in total. The highest BCUT2D eigenvalue weighted by atomic mass is 35.5. The molecule has 0 aromatic heterocycles. The molecule has 0 fully saturated rings. The number of nitrogens with one attached hydrogen (secondary N) is 1. The highest BCUT2D eigenvalue weighted by Crippen LogP contribution is 2.37. The second-order valence-electron chi connectivity index (χ2n) is 8.74. The standard InChI is InChI=1S/C28H28ClN3O3/c1-3-32(2)17-19-6-12-22(13-7-19)30-27(20-9-4-18(5-10-20)8-15-25(33)34)26-23-14-11-21(29)16-24(23)31-28(26)35/h4-7,9-14,16,26H,3,8,15,17H2,1-2H3,(H,31,35)(H,33,34). The number of carboxylic acid groups (broad SMARTS) is 1. The van der Waals surface area contributed by atoms with Crippen LogP contribution >= 0.6 is 11.6 Å². The lowest BCUT2D eigenvalue weighted by Gasteiger charge is -2.15. The van der Waals surface area contributed by atoms with Crippen molar-refractivity contribution >= 4 is 40.6 Å². The van der Waals surface area contributed by atoms with Crippen molar-refractivity contribution in [3.8, 4) is 0 Å². The summed E-state index contributed by atoms with van der Waals surface area (Å²) in [7, 11) is 2.08. The number of nitrogens with zero attached hydrogens (tertiary/aromatic N) is 2. The molecule has 1 unspecified atom stereocenters. The third-order valence-electron chi connectivity index (χ3n) is 6.18. The second-order valence-corrected chi connectivity index (χ2v) is 9.17. The first kappa shape index (κ1) is 24.6. The molecule has 1 amide bonds. The molecule has 0 saturated heterocycles. The Morgan fingerprint density at radius 3 is 2.40 bits per heavy atom. The first-order valence-corrected chi connectivity index (χ1v) is 12.0. The van der Waals surface area contributed by atoms with Crippen molar-refractivity contribution in [2.45, 2.75) is 32.2 Å². The fraction of sp³-hybridized carbons (Fsp3) is 0.250. The quantitative estimate of drug-likeness (QED) is 0.380. The van der Waals surface area contributed by atoms with Crippen LogP contribution in [0.15, 0.2) is 71.7 Å². The number of rotatable bonds is 9. The van der Waals surface area contributed by atoms with E-state index < -0.39 is 11.9 Å². The van der Waals surface area contributed by atoms with Gasteiger partial charge in [0.25, 0.3) is 0 Å². The summed E-state index contributed by atoms with van der Waals surface area (Å²) in [6, 6.07) is 21.0. The van der Waals surface area contributed by atoms with Gasteiger partial charge < -0.3 is 15.3 Å². The SMILES string of the molecule is CCN(C)Cc1ccc(N=C(c2ccc(CCC(=O)O)cc2)C2C(=O)Nc3cc(Cl)ccc32)cc1. The lowest BCUT2D eigenvalue weighted by Crippen LogP contribution is -2.22. The largest absolute Gasteiger partial charge is 0.481 e. The lowest BCUT2D eigenvalue weighted by atomic mass is 9.90. The third-order valence-corrected chi connectivity index (χ3v) is 6.41. The van der Waals surface area contributed by atoms with Crippen LogP contribution in [0.3, 0.4) is 0 Å². The highest BCUT2D eigenvalue weighted by Gasteiger charge is 2.35. The van der Waals surface area contributed by atoms with Gasteiger partial charge >= 0.3 is 5.97 Å². The molecule has 0 spiro atoms. The van der Waals surface area contributed by atoms with Gasteiger partial charge in [0.15, 0.2) is 0 Å². The molecule has 1 aliphatic heterocycles. The number of carbonyl (C=O) groups excluding carboxylic acids is 1. The average molecular weight is 490 g/mol. The van der Waals surface area contributed by atoms with Crippen molar-refractivity contribution in [2.75, 3.05) is 18.9 Å². The Morgan fingerprint density at radius 1 is 1.06 bits per heavy atom. The number of aryl methyl sites for hydroxylation is 1. The Kier molecular flexibility index (Phi) is 7.63. The molecular weight excluding hydrogens is 462 g/mol. The number of anilines is 1.